The quantitative estimate of drug-likeness (QED) is 0.620. The molecule has 0 unspecified atom stereocenters. The molecule has 1 rings (SSSR count). The molecule has 0 aromatic heterocycles. The summed E-state index contributed by atoms with van der Waals surface area (Å²) in [6, 6.07) is 9.01. The standard InChI is InChI=1S/C14H26O6Si2/c1-17-21(15,16)11-9-13-5-7-14(8-6-13)10-12-22(18-2,19-3)20-4/h5-8,15-16H,9-12H2,1-4H3. The summed E-state index contributed by atoms with van der Waals surface area (Å²) in [7, 11) is 0.145. The Morgan fingerprint density at radius 3 is 1.50 bits per heavy atom. The van der Waals surface area contributed by atoms with Gasteiger partial charge in [0.2, 0.25) is 0 Å². The zero-order chi connectivity index (χ0) is 16.6. The molecule has 0 saturated carbocycles. The topological polar surface area (TPSA) is 77.4 Å². The van der Waals surface area contributed by atoms with Crippen molar-refractivity contribution in [3.8, 4) is 0 Å². The maximum absolute atomic E-state index is 9.53. The summed E-state index contributed by atoms with van der Waals surface area (Å²) in [5, 5.41) is 0. The molecule has 0 radical (unpaired) electrons. The van der Waals surface area contributed by atoms with Crippen LogP contribution in [0.3, 0.4) is 0 Å². The lowest BCUT2D eigenvalue weighted by molar-refractivity contribution is 0.123. The molecule has 2 N–H and O–H groups in total. The highest BCUT2D eigenvalue weighted by Gasteiger charge is 2.37. The number of aryl methyl sites for hydroxylation is 2. The minimum absolute atomic E-state index is 0.260. The molecule has 0 heterocycles. The average molecular weight is 347 g/mol. The summed E-state index contributed by atoms with van der Waals surface area (Å²) in [6.07, 6.45) is 1.39. The Labute approximate surface area is 134 Å². The van der Waals surface area contributed by atoms with E-state index in [4.69, 9.17) is 17.7 Å². The van der Waals surface area contributed by atoms with Crippen molar-refractivity contribution in [2.45, 2.75) is 24.9 Å². The second-order valence-electron chi connectivity index (χ2n) is 5.06. The van der Waals surface area contributed by atoms with E-state index >= 15 is 0 Å². The first-order valence-corrected chi connectivity index (χ1v) is 11.1. The van der Waals surface area contributed by atoms with Gasteiger partial charge in [-0.05, 0) is 24.0 Å². The predicted molar refractivity (Wildman–Crippen MR) is 87.4 cm³/mol. The first-order chi connectivity index (χ1) is 10.4. The van der Waals surface area contributed by atoms with Crippen LogP contribution in [0, 0.1) is 0 Å². The van der Waals surface area contributed by atoms with Gasteiger partial charge in [-0.25, -0.2) is 0 Å². The highest BCUT2D eigenvalue weighted by molar-refractivity contribution is 6.60. The Kier molecular flexibility index (Phi) is 7.87. The first kappa shape index (κ1) is 19.5. The molecule has 0 amide bonds. The van der Waals surface area contributed by atoms with Crippen LogP contribution in [0.15, 0.2) is 24.3 Å². The minimum Gasteiger partial charge on any atom is -0.390 e. The van der Waals surface area contributed by atoms with Gasteiger partial charge in [0.1, 0.15) is 0 Å². The van der Waals surface area contributed by atoms with E-state index in [0.29, 0.717) is 12.5 Å². The normalized spacial score (nSPS) is 12.6. The van der Waals surface area contributed by atoms with Crippen molar-refractivity contribution in [3.63, 3.8) is 0 Å². The molecule has 22 heavy (non-hydrogen) atoms. The Bertz CT molecular complexity index is 425. The zero-order valence-corrected chi connectivity index (χ0v) is 15.7. The van der Waals surface area contributed by atoms with Crippen molar-refractivity contribution in [3.05, 3.63) is 35.4 Å². The summed E-state index contributed by atoms with van der Waals surface area (Å²) >= 11 is 0. The molecule has 1 aromatic carbocycles. The van der Waals surface area contributed by atoms with Crippen LogP contribution in [0.5, 0.6) is 0 Å². The SMILES string of the molecule is CO[Si](O)(O)CCc1ccc(CC[Si](OC)(OC)OC)cc1. The monoisotopic (exact) mass is 346 g/mol. The Morgan fingerprint density at radius 2 is 1.14 bits per heavy atom. The number of hydrogen-bond donors (Lipinski definition) is 2. The maximum atomic E-state index is 9.53. The maximum Gasteiger partial charge on any atom is 0.500 e. The van der Waals surface area contributed by atoms with Gasteiger partial charge in [0, 0.05) is 40.5 Å². The molecule has 0 aliphatic carbocycles. The molecule has 0 saturated heterocycles. The molecule has 0 fully saturated rings. The third-order valence-electron chi connectivity index (χ3n) is 3.74. The second kappa shape index (κ2) is 8.89. The van der Waals surface area contributed by atoms with E-state index < -0.39 is 17.6 Å². The van der Waals surface area contributed by atoms with Crippen molar-refractivity contribution >= 4 is 17.6 Å². The van der Waals surface area contributed by atoms with Gasteiger partial charge in [0.05, 0.1) is 0 Å². The summed E-state index contributed by atoms with van der Waals surface area (Å²) in [4.78, 5) is 19.1. The Hall–Kier alpha value is -0.586. The largest absolute Gasteiger partial charge is 0.500 e. The molecule has 8 heteroatoms. The van der Waals surface area contributed by atoms with Gasteiger partial charge in [0.15, 0.2) is 0 Å². The zero-order valence-electron chi connectivity index (χ0n) is 13.7. The number of rotatable bonds is 10. The lowest BCUT2D eigenvalue weighted by atomic mass is 10.1. The van der Waals surface area contributed by atoms with Crippen LogP contribution in [0.25, 0.3) is 0 Å². The van der Waals surface area contributed by atoms with Gasteiger partial charge in [-0.15, -0.1) is 0 Å². The van der Waals surface area contributed by atoms with Gasteiger partial charge in [-0.1, -0.05) is 24.3 Å². The Balaban J connectivity index is 2.55. The predicted octanol–water partition coefficient (Wildman–Crippen LogP) is 1.22. The van der Waals surface area contributed by atoms with Crippen LogP contribution in [0.1, 0.15) is 11.1 Å². The lowest BCUT2D eigenvalue weighted by Crippen LogP contribution is -2.43. The molecular formula is C14H26O6Si2. The van der Waals surface area contributed by atoms with E-state index in [1.165, 1.54) is 7.11 Å². The van der Waals surface area contributed by atoms with Crippen molar-refractivity contribution < 1.29 is 27.3 Å². The molecule has 6 nitrogen and oxygen atoms in total. The highest BCUT2D eigenvalue weighted by atomic mass is 28.4. The summed E-state index contributed by atoms with van der Waals surface area (Å²) in [5.74, 6) is 0. The fourth-order valence-electron chi connectivity index (χ4n) is 2.14. The van der Waals surface area contributed by atoms with E-state index in [0.717, 1.165) is 17.5 Å². The van der Waals surface area contributed by atoms with Crippen LogP contribution in [0.2, 0.25) is 12.1 Å². The summed E-state index contributed by atoms with van der Waals surface area (Å²) in [6.45, 7) is 0. The molecular weight excluding hydrogens is 320 g/mol. The average Bonchev–Trinajstić information content (AvgIpc) is 2.56. The van der Waals surface area contributed by atoms with Crippen LogP contribution in [-0.2, 0) is 30.5 Å². The summed E-state index contributed by atoms with van der Waals surface area (Å²) in [5.41, 5.74) is 2.21. The minimum atomic E-state index is -3.47. The number of hydrogen-bond acceptors (Lipinski definition) is 6. The van der Waals surface area contributed by atoms with E-state index in [-0.39, 0.29) is 6.04 Å². The molecule has 0 aliphatic heterocycles. The van der Waals surface area contributed by atoms with Crippen LogP contribution in [-0.4, -0.2) is 55.6 Å². The molecule has 0 aliphatic rings. The van der Waals surface area contributed by atoms with Crippen LogP contribution >= 0.6 is 0 Å². The second-order valence-corrected chi connectivity index (χ2v) is 10.5. The van der Waals surface area contributed by atoms with Crippen LogP contribution in [0.4, 0.5) is 0 Å². The van der Waals surface area contributed by atoms with Crippen LogP contribution < -0.4 is 0 Å². The van der Waals surface area contributed by atoms with E-state index in [9.17, 15) is 9.59 Å². The van der Waals surface area contributed by atoms with Crippen molar-refractivity contribution in [2.75, 3.05) is 28.4 Å². The van der Waals surface area contributed by atoms with E-state index in [1.807, 2.05) is 24.3 Å². The number of benzene rings is 1. The third-order valence-corrected chi connectivity index (χ3v) is 8.03. The van der Waals surface area contributed by atoms with Crippen molar-refractivity contribution in [1.82, 2.24) is 0 Å². The van der Waals surface area contributed by atoms with E-state index in [1.54, 1.807) is 21.3 Å². The third kappa shape index (κ3) is 5.90. The summed E-state index contributed by atoms with van der Waals surface area (Å²) < 4.78 is 20.9. The van der Waals surface area contributed by atoms with Gasteiger partial charge in [0.25, 0.3) is 0 Å². The molecule has 126 valence electrons. The first-order valence-electron chi connectivity index (χ1n) is 7.13. The lowest BCUT2D eigenvalue weighted by Gasteiger charge is -2.24. The fourth-order valence-corrected chi connectivity index (χ4v) is 4.66. The van der Waals surface area contributed by atoms with Gasteiger partial charge >= 0.3 is 17.6 Å². The molecule has 0 spiro atoms. The van der Waals surface area contributed by atoms with Crippen molar-refractivity contribution in [1.29, 1.82) is 0 Å². The van der Waals surface area contributed by atoms with Gasteiger partial charge in [-0.2, -0.15) is 0 Å². The van der Waals surface area contributed by atoms with Gasteiger partial charge < -0.3 is 27.3 Å². The molecule has 0 atom stereocenters. The highest BCUT2D eigenvalue weighted by Crippen LogP contribution is 2.18. The molecule has 0 bridgehead atoms. The molecule has 1 aromatic rings. The van der Waals surface area contributed by atoms with Crippen molar-refractivity contribution in [2.24, 2.45) is 0 Å². The smallest absolute Gasteiger partial charge is 0.390 e. The Morgan fingerprint density at radius 1 is 0.727 bits per heavy atom. The fraction of sp³-hybridized carbons (Fsp3) is 0.571. The van der Waals surface area contributed by atoms with E-state index in [2.05, 4.69) is 0 Å². The van der Waals surface area contributed by atoms with Gasteiger partial charge in [-0.3, -0.25) is 0 Å².